The van der Waals surface area contributed by atoms with Crippen LogP contribution in [0.3, 0.4) is 0 Å². The average molecular weight is 261 g/mol. The molecular formula is C16H23NO2. The second-order valence-corrected chi connectivity index (χ2v) is 5.51. The lowest BCUT2D eigenvalue weighted by atomic mass is 10.0. The van der Waals surface area contributed by atoms with Crippen molar-refractivity contribution in [2.45, 2.75) is 44.3 Å². The number of fused-ring (bicyclic) bond motifs is 1. The summed E-state index contributed by atoms with van der Waals surface area (Å²) in [7, 11) is 0. The molecule has 3 nitrogen and oxygen atoms in total. The fourth-order valence-electron chi connectivity index (χ4n) is 2.96. The molecule has 0 saturated carbocycles. The van der Waals surface area contributed by atoms with Gasteiger partial charge in [-0.1, -0.05) is 18.2 Å². The molecule has 1 fully saturated rings. The third-order valence-electron chi connectivity index (χ3n) is 4.03. The molecule has 1 aromatic rings. The first-order valence-electron chi connectivity index (χ1n) is 7.47. The Bertz CT molecular complexity index is 401. The van der Waals surface area contributed by atoms with Crippen LogP contribution in [0.15, 0.2) is 24.3 Å². The van der Waals surface area contributed by atoms with Crippen LogP contribution in [0.5, 0.6) is 0 Å². The first-order valence-corrected chi connectivity index (χ1v) is 7.47. The molecule has 3 heteroatoms. The Morgan fingerprint density at radius 3 is 3.16 bits per heavy atom. The van der Waals surface area contributed by atoms with E-state index in [1.807, 2.05) is 0 Å². The Morgan fingerprint density at radius 1 is 1.32 bits per heavy atom. The molecule has 3 rings (SSSR count). The van der Waals surface area contributed by atoms with Gasteiger partial charge in [-0.2, -0.15) is 0 Å². The molecule has 2 unspecified atom stereocenters. The van der Waals surface area contributed by atoms with E-state index in [0.29, 0.717) is 12.2 Å². The van der Waals surface area contributed by atoms with E-state index in [2.05, 4.69) is 29.6 Å². The number of para-hydroxylation sites is 1. The van der Waals surface area contributed by atoms with Gasteiger partial charge in [-0.25, -0.2) is 0 Å². The molecule has 0 bridgehead atoms. The fraction of sp³-hybridized carbons (Fsp3) is 0.625. The van der Waals surface area contributed by atoms with Gasteiger partial charge >= 0.3 is 0 Å². The summed E-state index contributed by atoms with van der Waals surface area (Å²) in [4.78, 5) is 0. The van der Waals surface area contributed by atoms with Gasteiger partial charge in [0.15, 0.2) is 0 Å². The molecule has 0 amide bonds. The molecule has 2 atom stereocenters. The highest BCUT2D eigenvalue weighted by atomic mass is 16.5. The largest absolute Gasteiger partial charge is 0.382 e. The lowest BCUT2D eigenvalue weighted by molar-refractivity contribution is 0.0442. The Kier molecular flexibility index (Phi) is 4.36. The SMILES string of the molecule is c1ccc2c(c1)CC(OCCCC1CCCO1)CN2. The second-order valence-electron chi connectivity index (χ2n) is 5.51. The molecule has 1 aromatic carbocycles. The maximum atomic E-state index is 5.98. The van der Waals surface area contributed by atoms with Crippen molar-refractivity contribution in [1.82, 2.24) is 0 Å². The van der Waals surface area contributed by atoms with Gasteiger partial charge in [0, 0.05) is 31.9 Å². The summed E-state index contributed by atoms with van der Waals surface area (Å²) in [5.74, 6) is 0. The van der Waals surface area contributed by atoms with Crippen LogP contribution in [0.25, 0.3) is 0 Å². The normalized spacial score (nSPS) is 25.9. The van der Waals surface area contributed by atoms with Crippen molar-refractivity contribution in [1.29, 1.82) is 0 Å². The van der Waals surface area contributed by atoms with Gasteiger partial charge in [0.05, 0.1) is 12.2 Å². The van der Waals surface area contributed by atoms with Crippen LogP contribution in [0.2, 0.25) is 0 Å². The van der Waals surface area contributed by atoms with Crippen LogP contribution in [0, 0.1) is 0 Å². The third kappa shape index (κ3) is 3.48. The summed E-state index contributed by atoms with van der Waals surface area (Å²) in [6.07, 6.45) is 6.57. The molecule has 19 heavy (non-hydrogen) atoms. The molecule has 0 aromatic heterocycles. The van der Waals surface area contributed by atoms with E-state index in [1.165, 1.54) is 24.1 Å². The van der Waals surface area contributed by atoms with Gasteiger partial charge in [-0.3, -0.25) is 0 Å². The van der Waals surface area contributed by atoms with E-state index in [1.54, 1.807) is 0 Å². The molecule has 0 spiro atoms. The van der Waals surface area contributed by atoms with Crippen molar-refractivity contribution >= 4 is 5.69 Å². The predicted octanol–water partition coefficient (Wildman–Crippen LogP) is 3.00. The first kappa shape index (κ1) is 12.9. The van der Waals surface area contributed by atoms with E-state index < -0.39 is 0 Å². The maximum absolute atomic E-state index is 5.98. The highest BCUT2D eigenvalue weighted by Gasteiger charge is 2.19. The van der Waals surface area contributed by atoms with Crippen molar-refractivity contribution in [2.24, 2.45) is 0 Å². The number of rotatable bonds is 5. The lowest BCUT2D eigenvalue weighted by Crippen LogP contribution is -2.30. The summed E-state index contributed by atoms with van der Waals surface area (Å²) in [6.45, 7) is 2.74. The minimum absolute atomic E-state index is 0.319. The summed E-state index contributed by atoms with van der Waals surface area (Å²) in [5, 5.41) is 3.45. The molecular weight excluding hydrogens is 238 g/mol. The van der Waals surface area contributed by atoms with E-state index in [-0.39, 0.29) is 0 Å². The zero-order valence-electron chi connectivity index (χ0n) is 11.4. The zero-order valence-corrected chi connectivity index (χ0v) is 11.4. The van der Waals surface area contributed by atoms with Gasteiger partial charge < -0.3 is 14.8 Å². The quantitative estimate of drug-likeness (QED) is 0.827. The molecule has 2 heterocycles. The van der Waals surface area contributed by atoms with Crippen LogP contribution in [0.1, 0.15) is 31.2 Å². The van der Waals surface area contributed by atoms with Crippen LogP contribution < -0.4 is 5.32 Å². The van der Waals surface area contributed by atoms with Crippen molar-refractivity contribution in [3.8, 4) is 0 Å². The van der Waals surface area contributed by atoms with Crippen LogP contribution in [0.4, 0.5) is 5.69 Å². The smallest absolute Gasteiger partial charge is 0.0788 e. The topological polar surface area (TPSA) is 30.5 Å². The zero-order chi connectivity index (χ0) is 12.9. The highest BCUT2D eigenvalue weighted by Crippen LogP contribution is 2.23. The lowest BCUT2D eigenvalue weighted by Gasteiger charge is -2.26. The minimum Gasteiger partial charge on any atom is -0.382 e. The summed E-state index contributed by atoms with van der Waals surface area (Å²) in [6, 6.07) is 8.50. The number of ether oxygens (including phenoxy) is 2. The Labute approximate surface area is 115 Å². The summed E-state index contributed by atoms with van der Waals surface area (Å²) >= 11 is 0. The molecule has 2 aliphatic rings. The fourth-order valence-corrected chi connectivity index (χ4v) is 2.96. The molecule has 2 aliphatic heterocycles. The number of hydrogen-bond acceptors (Lipinski definition) is 3. The average Bonchev–Trinajstić information content (AvgIpc) is 2.97. The molecule has 0 aliphatic carbocycles. The number of anilines is 1. The molecule has 0 radical (unpaired) electrons. The van der Waals surface area contributed by atoms with Crippen molar-refractivity contribution in [3.63, 3.8) is 0 Å². The second kappa shape index (κ2) is 6.40. The Hall–Kier alpha value is -1.06. The Balaban J connectivity index is 1.37. The van der Waals surface area contributed by atoms with Gasteiger partial charge in [0.25, 0.3) is 0 Å². The molecule has 1 N–H and O–H groups in total. The van der Waals surface area contributed by atoms with Gasteiger partial charge in [0.2, 0.25) is 0 Å². The number of benzene rings is 1. The minimum atomic E-state index is 0.319. The monoisotopic (exact) mass is 261 g/mol. The van der Waals surface area contributed by atoms with Gasteiger partial charge in [-0.05, 0) is 37.3 Å². The van der Waals surface area contributed by atoms with Gasteiger partial charge in [-0.15, -0.1) is 0 Å². The third-order valence-corrected chi connectivity index (χ3v) is 4.03. The number of nitrogens with one attached hydrogen (secondary N) is 1. The molecule has 1 saturated heterocycles. The van der Waals surface area contributed by atoms with Crippen LogP contribution in [-0.4, -0.2) is 32.0 Å². The van der Waals surface area contributed by atoms with Crippen molar-refractivity contribution in [3.05, 3.63) is 29.8 Å². The molecule has 104 valence electrons. The van der Waals surface area contributed by atoms with Crippen LogP contribution in [-0.2, 0) is 15.9 Å². The maximum Gasteiger partial charge on any atom is 0.0788 e. The highest BCUT2D eigenvalue weighted by molar-refractivity contribution is 5.53. The summed E-state index contributed by atoms with van der Waals surface area (Å²) in [5.41, 5.74) is 2.64. The number of hydrogen-bond donors (Lipinski definition) is 1. The van der Waals surface area contributed by atoms with E-state index in [9.17, 15) is 0 Å². The van der Waals surface area contributed by atoms with E-state index in [0.717, 1.165) is 39.0 Å². The van der Waals surface area contributed by atoms with E-state index >= 15 is 0 Å². The summed E-state index contributed by atoms with van der Waals surface area (Å²) < 4.78 is 11.6. The standard InChI is InChI=1S/C16H23NO2/c1-2-8-16-13(5-1)11-15(12-17-16)19-10-4-7-14-6-3-9-18-14/h1-2,5,8,14-15,17H,3-4,6-7,9-12H2. The van der Waals surface area contributed by atoms with Crippen LogP contribution >= 0.6 is 0 Å². The van der Waals surface area contributed by atoms with Gasteiger partial charge in [0.1, 0.15) is 0 Å². The van der Waals surface area contributed by atoms with Crippen molar-refractivity contribution < 1.29 is 9.47 Å². The van der Waals surface area contributed by atoms with Crippen molar-refractivity contribution in [2.75, 3.05) is 25.1 Å². The Morgan fingerprint density at radius 2 is 2.26 bits per heavy atom. The first-order chi connectivity index (χ1) is 9.42. The predicted molar refractivity (Wildman–Crippen MR) is 76.6 cm³/mol. The van der Waals surface area contributed by atoms with E-state index in [4.69, 9.17) is 9.47 Å².